The Hall–Kier alpha value is -4.79. The van der Waals surface area contributed by atoms with Crippen LogP contribution in [-0.4, -0.2) is 48.1 Å². The predicted octanol–water partition coefficient (Wildman–Crippen LogP) is 5.49. The van der Waals surface area contributed by atoms with Gasteiger partial charge >= 0.3 is 18.0 Å². The summed E-state index contributed by atoms with van der Waals surface area (Å²) in [6.45, 7) is 6.48. The third-order valence-electron chi connectivity index (χ3n) is 5.93. The number of hydrogen-bond donors (Lipinski definition) is 0. The number of likely N-dealkylation sites (N-methyl/N-ethyl adjacent to an activating group) is 1. The molecule has 0 fully saturated rings. The van der Waals surface area contributed by atoms with Gasteiger partial charge in [-0.3, -0.25) is 19.2 Å². The lowest BCUT2D eigenvalue weighted by molar-refractivity contribution is -0.138. The van der Waals surface area contributed by atoms with E-state index in [1.807, 2.05) is 30.3 Å². The number of nitrogens with zero attached hydrogens (tertiary/aromatic N) is 1. The van der Waals surface area contributed by atoms with Crippen molar-refractivity contribution in [1.82, 2.24) is 4.90 Å². The Morgan fingerprint density at radius 2 is 1.32 bits per heavy atom. The van der Waals surface area contributed by atoms with Crippen molar-refractivity contribution in [3.8, 4) is 11.5 Å². The minimum Gasteiger partial charge on any atom is -0.445 e. The SMILES string of the molecule is CC(C)C(=O)Oc1ccc(C(=O)c2ccc(C(=O)CN(C)C(=O)OCc3ccccc3)cc2OC(=O)C(C)C)cc1. The van der Waals surface area contributed by atoms with Gasteiger partial charge in [0.25, 0.3) is 0 Å². The highest BCUT2D eigenvalue weighted by molar-refractivity contribution is 6.12. The molecule has 0 unspecified atom stereocenters. The average Bonchev–Trinajstić information content (AvgIpc) is 2.96. The van der Waals surface area contributed by atoms with Crippen molar-refractivity contribution in [2.75, 3.05) is 13.6 Å². The zero-order chi connectivity index (χ0) is 30.1. The molecule has 41 heavy (non-hydrogen) atoms. The molecule has 0 radical (unpaired) electrons. The van der Waals surface area contributed by atoms with E-state index in [2.05, 4.69) is 0 Å². The van der Waals surface area contributed by atoms with Gasteiger partial charge in [-0.1, -0.05) is 64.1 Å². The van der Waals surface area contributed by atoms with E-state index in [1.54, 1.807) is 27.7 Å². The molecule has 214 valence electrons. The summed E-state index contributed by atoms with van der Waals surface area (Å²) in [7, 11) is 1.44. The van der Waals surface area contributed by atoms with Crippen molar-refractivity contribution in [3.63, 3.8) is 0 Å². The van der Waals surface area contributed by atoms with Crippen molar-refractivity contribution >= 4 is 29.6 Å². The highest BCUT2D eigenvalue weighted by Crippen LogP contribution is 2.26. The van der Waals surface area contributed by atoms with Gasteiger partial charge in [0, 0.05) is 18.2 Å². The Morgan fingerprint density at radius 1 is 0.732 bits per heavy atom. The van der Waals surface area contributed by atoms with Crippen molar-refractivity contribution in [2.24, 2.45) is 11.8 Å². The molecule has 0 saturated carbocycles. The molecule has 3 aromatic rings. The number of carbonyl (C=O) groups is 5. The Morgan fingerprint density at radius 3 is 1.93 bits per heavy atom. The quantitative estimate of drug-likeness (QED) is 0.172. The number of ketones is 2. The normalized spacial score (nSPS) is 10.7. The first-order valence-corrected chi connectivity index (χ1v) is 13.1. The molecule has 0 heterocycles. The largest absolute Gasteiger partial charge is 0.445 e. The summed E-state index contributed by atoms with van der Waals surface area (Å²) >= 11 is 0. The molecule has 3 rings (SSSR count). The van der Waals surface area contributed by atoms with E-state index in [0.717, 1.165) is 10.5 Å². The zero-order valence-electron chi connectivity index (χ0n) is 23.7. The van der Waals surface area contributed by atoms with Crippen molar-refractivity contribution in [3.05, 3.63) is 95.1 Å². The molecule has 0 atom stereocenters. The van der Waals surface area contributed by atoms with Crippen LogP contribution in [0.25, 0.3) is 0 Å². The van der Waals surface area contributed by atoms with Gasteiger partial charge in [-0.25, -0.2) is 4.79 Å². The number of ether oxygens (including phenoxy) is 3. The summed E-state index contributed by atoms with van der Waals surface area (Å²) in [5.41, 5.74) is 1.28. The molecule has 0 aliphatic rings. The molecule has 0 aromatic heterocycles. The van der Waals surface area contributed by atoms with E-state index in [0.29, 0.717) is 5.75 Å². The summed E-state index contributed by atoms with van der Waals surface area (Å²) in [4.78, 5) is 64.2. The van der Waals surface area contributed by atoms with Crippen LogP contribution in [0.15, 0.2) is 72.8 Å². The van der Waals surface area contributed by atoms with Gasteiger partial charge in [0.15, 0.2) is 11.6 Å². The van der Waals surface area contributed by atoms with Gasteiger partial charge < -0.3 is 19.1 Å². The maximum Gasteiger partial charge on any atom is 0.410 e. The van der Waals surface area contributed by atoms with Gasteiger partial charge in [0.05, 0.1) is 23.9 Å². The second-order valence-corrected chi connectivity index (χ2v) is 10.0. The first-order valence-electron chi connectivity index (χ1n) is 13.1. The van der Waals surface area contributed by atoms with Crippen LogP contribution >= 0.6 is 0 Å². The summed E-state index contributed by atoms with van der Waals surface area (Å²) in [6.07, 6.45) is -0.678. The Kier molecular flexibility index (Phi) is 10.5. The second-order valence-electron chi connectivity index (χ2n) is 10.0. The Labute approximate surface area is 239 Å². The molecule has 9 heteroatoms. The van der Waals surface area contributed by atoms with Gasteiger partial charge in [-0.15, -0.1) is 0 Å². The van der Waals surface area contributed by atoms with Gasteiger partial charge in [-0.2, -0.15) is 0 Å². The zero-order valence-corrected chi connectivity index (χ0v) is 23.7. The molecule has 1 amide bonds. The van der Waals surface area contributed by atoms with Crippen LogP contribution < -0.4 is 9.47 Å². The topological polar surface area (TPSA) is 116 Å². The van der Waals surface area contributed by atoms with E-state index in [9.17, 15) is 24.0 Å². The Bertz CT molecular complexity index is 1410. The summed E-state index contributed by atoms with van der Waals surface area (Å²) < 4.78 is 16.0. The van der Waals surface area contributed by atoms with Gasteiger partial charge in [0.2, 0.25) is 0 Å². The number of hydrogen-bond acceptors (Lipinski definition) is 8. The number of Topliss-reactive ketones (excluding diaryl/α,β-unsaturated/α-hetero) is 1. The fourth-order valence-electron chi connectivity index (χ4n) is 3.46. The second kappa shape index (κ2) is 14.0. The molecular weight excluding hydrogens is 526 g/mol. The number of amides is 1. The third kappa shape index (κ3) is 8.60. The molecule has 0 N–H and O–H groups in total. The van der Waals surface area contributed by atoms with Crippen molar-refractivity contribution in [1.29, 1.82) is 0 Å². The average molecular weight is 560 g/mol. The maximum atomic E-state index is 13.3. The molecule has 9 nitrogen and oxygen atoms in total. The lowest BCUT2D eigenvalue weighted by atomic mass is 9.99. The van der Waals surface area contributed by atoms with Gasteiger partial charge in [-0.05, 0) is 42.0 Å². The van der Waals surface area contributed by atoms with Crippen LogP contribution in [0.1, 0.15) is 59.5 Å². The number of carbonyl (C=O) groups excluding carboxylic acids is 5. The fraction of sp³-hybridized carbons (Fsp3) is 0.281. The summed E-state index contributed by atoms with van der Waals surface area (Å²) in [5, 5.41) is 0. The molecular formula is C32H33NO8. The Balaban J connectivity index is 1.78. The van der Waals surface area contributed by atoms with Crippen LogP contribution in [0, 0.1) is 11.8 Å². The van der Waals surface area contributed by atoms with E-state index >= 15 is 0 Å². The predicted molar refractivity (Wildman–Crippen MR) is 151 cm³/mol. The highest BCUT2D eigenvalue weighted by atomic mass is 16.6. The first-order chi connectivity index (χ1) is 19.5. The van der Waals surface area contributed by atoms with Crippen LogP contribution in [0.5, 0.6) is 11.5 Å². The lowest BCUT2D eigenvalue weighted by Crippen LogP contribution is -2.32. The van der Waals surface area contributed by atoms with Crippen LogP contribution in [0.2, 0.25) is 0 Å². The summed E-state index contributed by atoms with van der Waals surface area (Å²) in [6, 6.07) is 19.3. The molecule has 0 aliphatic heterocycles. The minimum absolute atomic E-state index is 0.0610. The molecule has 0 saturated heterocycles. The fourth-order valence-corrected chi connectivity index (χ4v) is 3.46. The van der Waals surface area contributed by atoms with E-state index < -0.39 is 35.5 Å². The van der Waals surface area contributed by atoms with Crippen LogP contribution in [0.4, 0.5) is 4.79 Å². The minimum atomic E-state index is -0.678. The number of rotatable bonds is 11. The number of esters is 2. The maximum absolute atomic E-state index is 13.3. The standard InChI is InChI=1S/C32H33NO8/c1-20(2)30(36)40-25-14-11-23(12-15-25)29(35)26-16-13-24(17-28(26)41-31(37)21(3)4)27(34)18-33(5)32(38)39-19-22-9-7-6-8-10-22/h6-17,20-21H,18-19H2,1-5H3. The molecule has 0 bridgehead atoms. The molecule has 0 aliphatic carbocycles. The first kappa shape index (κ1) is 30.7. The smallest absolute Gasteiger partial charge is 0.410 e. The molecule has 3 aromatic carbocycles. The van der Waals surface area contributed by atoms with Crippen molar-refractivity contribution in [2.45, 2.75) is 34.3 Å². The summed E-state index contributed by atoms with van der Waals surface area (Å²) in [5.74, 6) is -2.47. The highest BCUT2D eigenvalue weighted by Gasteiger charge is 2.22. The van der Waals surface area contributed by atoms with Crippen LogP contribution in [-0.2, 0) is 20.9 Å². The monoisotopic (exact) mass is 559 g/mol. The van der Waals surface area contributed by atoms with Gasteiger partial charge in [0.1, 0.15) is 18.1 Å². The number of benzene rings is 3. The molecule has 0 spiro atoms. The van der Waals surface area contributed by atoms with Crippen LogP contribution in [0.3, 0.4) is 0 Å². The van der Waals surface area contributed by atoms with Crippen molar-refractivity contribution < 1.29 is 38.2 Å². The lowest BCUT2D eigenvalue weighted by Gasteiger charge is -2.17. The van der Waals surface area contributed by atoms with E-state index in [-0.39, 0.29) is 41.5 Å². The van der Waals surface area contributed by atoms with E-state index in [1.165, 1.54) is 49.5 Å². The third-order valence-corrected chi connectivity index (χ3v) is 5.93. The van der Waals surface area contributed by atoms with E-state index in [4.69, 9.17) is 14.2 Å².